The first kappa shape index (κ1) is 17.0. The lowest BCUT2D eigenvalue weighted by Gasteiger charge is -2.37. The van der Waals surface area contributed by atoms with Gasteiger partial charge in [-0.2, -0.15) is 0 Å². The van der Waals surface area contributed by atoms with E-state index in [0.717, 1.165) is 12.0 Å². The highest BCUT2D eigenvalue weighted by Gasteiger charge is 2.30. The monoisotopic (exact) mass is 268 g/mol. The van der Waals surface area contributed by atoms with Gasteiger partial charge in [0.05, 0.1) is 0 Å². The van der Waals surface area contributed by atoms with Gasteiger partial charge in [0.15, 0.2) is 0 Å². The van der Waals surface area contributed by atoms with Crippen LogP contribution in [-0.2, 0) is 0 Å². The second kappa shape index (κ2) is 7.64. The molecule has 0 radical (unpaired) electrons. The van der Waals surface area contributed by atoms with Gasteiger partial charge in [0, 0.05) is 25.2 Å². The largest absolute Gasteiger partial charge is 0.313 e. The van der Waals surface area contributed by atoms with Crippen LogP contribution in [0.5, 0.6) is 0 Å². The topological polar surface area (TPSA) is 15.3 Å². The molecule has 1 fully saturated rings. The SMILES string of the molecule is CCCC(C)(CNC1CC1)CN(C)C(C)CC(C)C. The summed E-state index contributed by atoms with van der Waals surface area (Å²) in [7, 11) is 2.30. The van der Waals surface area contributed by atoms with E-state index in [4.69, 9.17) is 0 Å². The molecule has 0 aromatic carbocycles. The van der Waals surface area contributed by atoms with Crippen molar-refractivity contribution >= 4 is 0 Å². The lowest BCUT2D eigenvalue weighted by molar-refractivity contribution is 0.131. The first-order valence-electron chi connectivity index (χ1n) is 8.30. The molecule has 1 aliphatic carbocycles. The van der Waals surface area contributed by atoms with Crippen LogP contribution >= 0.6 is 0 Å². The second-order valence-electron chi connectivity index (χ2n) is 7.61. The van der Waals surface area contributed by atoms with E-state index in [1.807, 2.05) is 0 Å². The predicted octanol–water partition coefficient (Wildman–Crippen LogP) is 3.91. The molecule has 1 aliphatic rings. The van der Waals surface area contributed by atoms with Crippen molar-refractivity contribution in [3.05, 3.63) is 0 Å². The first-order valence-corrected chi connectivity index (χ1v) is 8.30. The predicted molar refractivity (Wildman–Crippen MR) is 85.6 cm³/mol. The first-order chi connectivity index (χ1) is 8.86. The van der Waals surface area contributed by atoms with E-state index in [9.17, 15) is 0 Å². The van der Waals surface area contributed by atoms with Crippen LogP contribution in [-0.4, -0.2) is 37.1 Å². The Hall–Kier alpha value is -0.0800. The summed E-state index contributed by atoms with van der Waals surface area (Å²) < 4.78 is 0. The molecule has 0 heterocycles. The molecular weight excluding hydrogens is 232 g/mol. The molecule has 1 rings (SSSR count). The lowest BCUT2D eigenvalue weighted by atomic mass is 9.84. The Labute approximate surface area is 121 Å². The summed E-state index contributed by atoms with van der Waals surface area (Å²) in [6.07, 6.45) is 6.69. The molecule has 0 spiro atoms. The van der Waals surface area contributed by atoms with Crippen molar-refractivity contribution in [3.63, 3.8) is 0 Å². The van der Waals surface area contributed by atoms with Crippen molar-refractivity contribution in [1.82, 2.24) is 10.2 Å². The van der Waals surface area contributed by atoms with Crippen LogP contribution in [0.3, 0.4) is 0 Å². The van der Waals surface area contributed by atoms with Crippen molar-refractivity contribution in [3.8, 4) is 0 Å². The summed E-state index contributed by atoms with van der Waals surface area (Å²) >= 11 is 0. The van der Waals surface area contributed by atoms with Crippen LogP contribution in [0.15, 0.2) is 0 Å². The molecule has 1 saturated carbocycles. The lowest BCUT2D eigenvalue weighted by Crippen LogP contribution is -2.44. The van der Waals surface area contributed by atoms with E-state index in [0.29, 0.717) is 11.5 Å². The highest BCUT2D eigenvalue weighted by atomic mass is 15.1. The van der Waals surface area contributed by atoms with Crippen LogP contribution in [0, 0.1) is 11.3 Å². The number of rotatable bonds is 10. The third kappa shape index (κ3) is 6.76. The maximum absolute atomic E-state index is 3.74. The molecule has 0 aromatic heterocycles. The molecule has 2 heteroatoms. The van der Waals surface area contributed by atoms with Crippen molar-refractivity contribution in [2.24, 2.45) is 11.3 Å². The maximum atomic E-state index is 3.74. The van der Waals surface area contributed by atoms with Gasteiger partial charge in [-0.05, 0) is 51.0 Å². The van der Waals surface area contributed by atoms with E-state index in [1.54, 1.807) is 0 Å². The zero-order chi connectivity index (χ0) is 14.5. The fourth-order valence-electron chi connectivity index (χ4n) is 3.13. The summed E-state index contributed by atoms with van der Waals surface area (Å²) in [6, 6.07) is 1.52. The van der Waals surface area contributed by atoms with Crippen molar-refractivity contribution in [2.75, 3.05) is 20.1 Å². The van der Waals surface area contributed by atoms with E-state index in [2.05, 4.69) is 51.9 Å². The minimum absolute atomic E-state index is 0.428. The van der Waals surface area contributed by atoms with Gasteiger partial charge in [0.25, 0.3) is 0 Å². The molecule has 1 N–H and O–H groups in total. The molecule has 114 valence electrons. The zero-order valence-corrected chi connectivity index (χ0v) is 14.1. The van der Waals surface area contributed by atoms with Gasteiger partial charge in [0.1, 0.15) is 0 Å². The van der Waals surface area contributed by atoms with E-state index < -0.39 is 0 Å². The Balaban J connectivity index is 2.44. The van der Waals surface area contributed by atoms with Crippen LogP contribution in [0.2, 0.25) is 0 Å². The molecule has 2 nitrogen and oxygen atoms in total. The van der Waals surface area contributed by atoms with Crippen LogP contribution in [0.25, 0.3) is 0 Å². The van der Waals surface area contributed by atoms with Gasteiger partial charge >= 0.3 is 0 Å². The van der Waals surface area contributed by atoms with E-state index in [-0.39, 0.29) is 0 Å². The average molecular weight is 268 g/mol. The Morgan fingerprint density at radius 3 is 2.37 bits per heavy atom. The Kier molecular flexibility index (Phi) is 6.82. The third-order valence-electron chi connectivity index (χ3n) is 4.44. The van der Waals surface area contributed by atoms with Crippen LogP contribution in [0.4, 0.5) is 0 Å². The normalized spacial score (nSPS) is 20.8. The fraction of sp³-hybridized carbons (Fsp3) is 1.00. The van der Waals surface area contributed by atoms with Crippen LogP contribution in [0.1, 0.15) is 66.7 Å². The minimum Gasteiger partial charge on any atom is -0.313 e. The molecule has 0 aromatic rings. The zero-order valence-electron chi connectivity index (χ0n) is 14.1. The number of nitrogens with one attached hydrogen (secondary N) is 1. The molecule has 0 saturated heterocycles. The Morgan fingerprint density at radius 2 is 1.89 bits per heavy atom. The summed E-state index contributed by atoms with van der Waals surface area (Å²) in [5.74, 6) is 0.791. The average Bonchev–Trinajstić information content (AvgIpc) is 3.09. The minimum atomic E-state index is 0.428. The van der Waals surface area contributed by atoms with Gasteiger partial charge in [-0.3, -0.25) is 0 Å². The molecule has 19 heavy (non-hydrogen) atoms. The summed E-state index contributed by atoms with van der Waals surface area (Å²) in [5, 5.41) is 3.74. The standard InChI is InChI=1S/C17H36N2/c1-7-10-17(5,12-18-16-8-9-16)13-19(6)15(4)11-14(2)3/h14-16,18H,7-13H2,1-6H3. The molecular formula is C17H36N2. The summed E-state index contributed by atoms with van der Waals surface area (Å²) in [4.78, 5) is 2.57. The van der Waals surface area contributed by atoms with E-state index >= 15 is 0 Å². The number of nitrogens with zero attached hydrogens (tertiary/aromatic N) is 1. The Bertz CT molecular complexity index is 248. The fourth-order valence-corrected chi connectivity index (χ4v) is 3.13. The van der Waals surface area contributed by atoms with Gasteiger partial charge in [-0.25, -0.2) is 0 Å². The van der Waals surface area contributed by atoms with Crippen molar-refractivity contribution in [1.29, 1.82) is 0 Å². The van der Waals surface area contributed by atoms with Gasteiger partial charge in [-0.1, -0.05) is 34.1 Å². The quantitative estimate of drug-likeness (QED) is 0.646. The molecule has 0 bridgehead atoms. The second-order valence-corrected chi connectivity index (χ2v) is 7.61. The van der Waals surface area contributed by atoms with Crippen molar-refractivity contribution in [2.45, 2.75) is 78.8 Å². The third-order valence-corrected chi connectivity index (χ3v) is 4.44. The Morgan fingerprint density at radius 1 is 1.26 bits per heavy atom. The summed E-state index contributed by atoms with van der Waals surface area (Å²) in [6.45, 7) is 14.2. The van der Waals surface area contributed by atoms with Gasteiger partial charge in [0.2, 0.25) is 0 Å². The number of hydrogen-bond donors (Lipinski definition) is 1. The maximum Gasteiger partial charge on any atom is 0.00684 e. The molecule has 0 amide bonds. The van der Waals surface area contributed by atoms with Crippen LogP contribution < -0.4 is 5.32 Å². The smallest absolute Gasteiger partial charge is 0.00684 e. The summed E-state index contributed by atoms with van der Waals surface area (Å²) in [5.41, 5.74) is 0.428. The van der Waals surface area contributed by atoms with Gasteiger partial charge < -0.3 is 10.2 Å². The highest BCUT2D eigenvalue weighted by molar-refractivity contribution is 4.87. The van der Waals surface area contributed by atoms with Crippen molar-refractivity contribution < 1.29 is 0 Å². The molecule has 0 aliphatic heterocycles. The molecule has 2 unspecified atom stereocenters. The van der Waals surface area contributed by atoms with E-state index in [1.165, 1.54) is 45.2 Å². The number of hydrogen-bond acceptors (Lipinski definition) is 2. The highest BCUT2D eigenvalue weighted by Crippen LogP contribution is 2.27. The molecule has 2 atom stereocenters. The van der Waals surface area contributed by atoms with Gasteiger partial charge in [-0.15, -0.1) is 0 Å².